The van der Waals surface area contributed by atoms with Gasteiger partial charge in [-0.15, -0.1) is 0 Å². The molecule has 0 bridgehead atoms. The van der Waals surface area contributed by atoms with Crippen molar-refractivity contribution in [3.8, 4) is 5.82 Å². The number of carbonyl (C=O) groups excluding carboxylic acids is 2. The number of ether oxygens (including phenoxy) is 1. The van der Waals surface area contributed by atoms with Crippen molar-refractivity contribution in [2.24, 2.45) is 0 Å². The average molecular weight is 403 g/mol. The Morgan fingerprint density at radius 1 is 1.13 bits per heavy atom. The van der Waals surface area contributed by atoms with Gasteiger partial charge in [-0.3, -0.25) is 4.79 Å². The van der Waals surface area contributed by atoms with Gasteiger partial charge < -0.3 is 9.15 Å². The van der Waals surface area contributed by atoms with Gasteiger partial charge in [0.25, 0.3) is 0 Å². The zero-order valence-corrected chi connectivity index (χ0v) is 17.0. The van der Waals surface area contributed by atoms with Gasteiger partial charge in [-0.05, 0) is 31.0 Å². The highest BCUT2D eigenvalue weighted by Gasteiger charge is 2.24. The minimum Gasteiger partial charge on any atom is -0.453 e. The van der Waals surface area contributed by atoms with E-state index in [1.165, 1.54) is 6.20 Å². The molecule has 0 saturated heterocycles. The fraction of sp³-hybridized carbons (Fsp3) is 0.217. The molecule has 152 valence electrons. The summed E-state index contributed by atoms with van der Waals surface area (Å²) in [6.07, 6.45) is 3.11. The van der Waals surface area contributed by atoms with Crippen molar-refractivity contribution in [2.45, 2.75) is 26.7 Å². The summed E-state index contributed by atoms with van der Waals surface area (Å²) in [6.45, 7) is 5.31. The SMILES string of the molecule is Cc1c(C(=O)COC(=O)c2cnn(-c3ccccn3)c2C(C)C)oc2ccccc12. The van der Waals surface area contributed by atoms with Crippen LogP contribution >= 0.6 is 0 Å². The molecule has 0 atom stereocenters. The highest BCUT2D eigenvalue weighted by Crippen LogP contribution is 2.26. The maximum atomic E-state index is 12.7. The van der Waals surface area contributed by atoms with Gasteiger partial charge in [-0.1, -0.05) is 38.1 Å². The Balaban J connectivity index is 1.55. The van der Waals surface area contributed by atoms with E-state index in [2.05, 4.69) is 10.1 Å². The van der Waals surface area contributed by atoms with Crippen LogP contribution in [0.5, 0.6) is 0 Å². The first-order valence-electron chi connectivity index (χ1n) is 9.65. The van der Waals surface area contributed by atoms with E-state index < -0.39 is 12.6 Å². The van der Waals surface area contributed by atoms with Crippen LogP contribution in [0.1, 0.15) is 51.9 Å². The van der Waals surface area contributed by atoms with Gasteiger partial charge >= 0.3 is 5.97 Å². The minimum atomic E-state index is -0.608. The Morgan fingerprint density at radius 3 is 2.60 bits per heavy atom. The monoisotopic (exact) mass is 403 g/mol. The van der Waals surface area contributed by atoms with Crippen LogP contribution in [0, 0.1) is 6.92 Å². The van der Waals surface area contributed by atoms with Crippen LogP contribution in [-0.4, -0.2) is 33.1 Å². The molecule has 0 amide bonds. The summed E-state index contributed by atoms with van der Waals surface area (Å²) in [5, 5.41) is 5.17. The van der Waals surface area contributed by atoms with Crippen LogP contribution < -0.4 is 0 Å². The molecular formula is C23H21N3O4. The van der Waals surface area contributed by atoms with Crippen molar-refractivity contribution < 1.29 is 18.7 Å². The Kier molecular flexibility index (Phi) is 5.18. The molecule has 0 N–H and O–H groups in total. The molecule has 3 heterocycles. The number of para-hydroxylation sites is 1. The third kappa shape index (κ3) is 3.50. The third-order valence-electron chi connectivity index (χ3n) is 4.87. The number of fused-ring (bicyclic) bond motifs is 1. The van der Waals surface area contributed by atoms with Gasteiger partial charge in [0.15, 0.2) is 18.2 Å². The first-order chi connectivity index (χ1) is 14.5. The predicted molar refractivity (Wildman–Crippen MR) is 111 cm³/mol. The number of nitrogens with zero attached hydrogens (tertiary/aromatic N) is 3. The van der Waals surface area contributed by atoms with Crippen LogP contribution in [0.15, 0.2) is 59.3 Å². The molecule has 0 aliphatic carbocycles. The second-order valence-corrected chi connectivity index (χ2v) is 7.25. The standard InChI is InChI=1S/C23H21N3O4/c1-14(2)21-17(12-25-26(21)20-10-6-7-11-24-20)23(28)29-13-18(27)22-15(3)16-8-4-5-9-19(16)30-22/h4-12,14H,13H2,1-3H3. The summed E-state index contributed by atoms with van der Waals surface area (Å²) in [7, 11) is 0. The quantitative estimate of drug-likeness (QED) is 0.348. The lowest BCUT2D eigenvalue weighted by atomic mass is 10.1. The molecule has 7 nitrogen and oxygen atoms in total. The van der Waals surface area contributed by atoms with Crippen molar-refractivity contribution in [3.63, 3.8) is 0 Å². The second kappa shape index (κ2) is 7.94. The van der Waals surface area contributed by atoms with Crippen LogP contribution in [0.4, 0.5) is 0 Å². The number of furan rings is 1. The van der Waals surface area contributed by atoms with E-state index in [-0.39, 0.29) is 17.5 Å². The molecule has 0 saturated carbocycles. The fourth-order valence-electron chi connectivity index (χ4n) is 3.45. The van der Waals surface area contributed by atoms with E-state index in [0.717, 1.165) is 10.9 Å². The molecular weight excluding hydrogens is 382 g/mol. The van der Waals surface area contributed by atoms with Crippen LogP contribution in [0.25, 0.3) is 16.8 Å². The molecule has 30 heavy (non-hydrogen) atoms. The molecule has 4 aromatic rings. The van der Waals surface area contributed by atoms with Crippen molar-refractivity contribution >= 4 is 22.7 Å². The number of ketones is 1. The molecule has 7 heteroatoms. The predicted octanol–water partition coefficient (Wildman–Crippen LogP) is 4.49. The van der Waals surface area contributed by atoms with E-state index in [4.69, 9.17) is 9.15 Å². The molecule has 0 fully saturated rings. The van der Waals surface area contributed by atoms with Gasteiger partial charge in [-0.2, -0.15) is 5.10 Å². The van der Waals surface area contributed by atoms with Crippen LogP contribution in [0.3, 0.4) is 0 Å². The molecule has 0 aliphatic rings. The number of aryl methyl sites for hydroxylation is 1. The number of hydrogen-bond donors (Lipinski definition) is 0. The Hall–Kier alpha value is -3.74. The van der Waals surface area contributed by atoms with E-state index in [1.807, 2.05) is 57.2 Å². The summed E-state index contributed by atoms with van der Waals surface area (Å²) >= 11 is 0. The van der Waals surface area contributed by atoms with Crippen molar-refractivity contribution in [3.05, 3.63) is 77.4 Å². The van der Waals surface area contributed by atoms with Gasteiger partial charge in [0.05, 0.1) is 11.9 Å². The van der Waals surface area contributed by atoms with Gasteiger partial charge in [0.1, 0.15) is 11.1 Å². The number of Topliss-reactive ketones (excluding diaryl/α,β-unsaturated/α-hetero) is 1. The van der Waals surface area contributed by atoms with Gasteiger partial charge in [0.2, 0.25) is 5.78 Å². The molecule has 4 rings (SSSR count). The highest BCUT2D eigenvalue weighted by molar-refractivity contribution is 6.02. The number of carbonyl (C=O) groups is 2. The number of pyridine rings is 1. The normalized spacial score (nSPS) is 11.2. The van der Waals surface area contributed by atoms with Gasteiger partial charge in [0, 0.05) is 17.1 Å². The molecule has 1 aromatic carbocycles. The van der Waals surface area contributed by atoms with Crippen molar-refractivity contribution in [1.82, 2.24) is 14.8 Å². The summed E-state index contributed by atoms with van der Waals surface area (Å²) in [5.41, 5.74) is 2.34. The van der Waals surface area contributed by atoms with Crippen molar-refractivity contribution in [1.29, 1.82) is 0 Å². The van der Waals surface area contributed by atoms with Crippen LogP contribution in [-0.2, 0) is 4.74 Å². The largest absolute Gasteiger partial charge is 0.453 e. The lowest BCUT2D eigenvalue weighted by molar-refractivity contribution is 0.0466. The number of hydrogen-bond acceptors (Lipinski definition) is 6. The minimum absolute atomic E-state index is 0.00891. The van der Waals surface area contributed by atoms with Crippen LogP contribution in [0.2, 0.25) is 0 Å². The van der Waals surface area contributed by atoms with Gasteiger partial charge in [-0.25, -0.2) is 14.5 Å². The Labute approximate surface area is 173 Å². The van der Waals surface area contributed by atoms with E-state index in [1.54, 1.807) is 16.9 Å². The second-order valence-electron chi connectivity index (χ2n) is 7.25. The zero-order chi connectivity index (χ0) is 21.3. The molecule has 0 radical (unpaired) electrons. The van der Waals surface area contributed by atoms with Crippen molar-refractivity contribution in [2.75, 3.05) is 6.61 Å². The number of esters is 1. The molecule has 3 aromatic heterocycles. The fourth-order valence-corrected chi connectivity index (χ4v) is 3.45. The topological polar surface area (TPSA) is 87.2 Å². The van der Waals surface area contributed by atoms with E-state index in [9.17, 15) is 9.59 Å². The van der Waals surface area contributed by atoms with E-state index >= 15 is 0 Å². The first-order valence-corrected chi connectivity index (χ1v) is 9.65. The lowest BCUT2D eigenvalue weighted by Gasteiger charge is -2.11. The first kappa shape index (κ1) is 19.6. The molecule has 0 spiro atoms. The third-order valence-corrected chi connectivity index (χ3v) is 4.87. The summed E-state index contributed by atoms with van der Waals surface area (Å²) in [4.78, 5) is 29.6. The average Bonchev–Trinajstić information content (AvgIpc) is 3.35. The Morgan fingerprint density at radius 2 is 1.90 bits per heavy atom. The molecule has 0 unspecified atom stereocenters. The maximum absolute atomic E-state index is 12.7. The Bertz CT molecular complexity index is 1220. The number of rotatable bonds is 6. The lowest BCUT2D eigenvalue weighted by Crippen LogP contribution is -2.16. The maximum Gasteiger partial charge on any atom is 0.342 e. The highest BCUT2D eigenvalue weighted by atomic mass is 16.5. The summed E-state index contributed by atoms with van der Waals surface area (Å²) < 4.78 is 12.6. The summed E-state index contributed by atoms with van der Waals surface area (Å²) in [5.74, 6) is -0.194. The number of aromatic nitrogens is 3. The zero-order valence-electron chi connectivity index (χ0n) is 17.0. The molecule has 0 aliphatic heterocycles. The van der Waals surface area contributed by atoms with E-state index in [0.29, 0.717) is 22.7 Å². The summed E-state index contributed by atoms with van der Waals surface area (Å²) in [6, 6.07) is 12.9. The smallest absolute Gasteiger partial charge is 0.342 e. The number of benzene rings is 1.